The lowest BCUT2D eigenvalue weighted by molar-refractivity contribution is -0.123. The predicted octanol–water partition coefficient (Wildman–Crippen LogP) is 15.0. The molecule has 0 aliphatic carbocycles. The average molecular weight is 845 g/mol. The van der Waals surface area contributed by atoms with Crippen molar-refractivity contribution in [1.82, 2.24) is 5.32 Å². The number of hydrogen-bond donors (Lipinski definition) is 4. The van der Waals surface area contributed by atoms with E-state index >= 15 is 0 Å². The first-order chi connectivity index (χ1) is 28.4. The van der Waals surface area contributed by atoms with Crippen LogP contribution in [0.15, 0.2) is 0 Å². The Labute approximate surface area is 361 Å². The molecule has 5 N–H and O–H groups in total. The van der Waals surface area contributed by atoms with Crippen LogP contribution in [-0.2, 0) is 18.4 Å². The zero-order valence-corrected chi connectivity index (χ0v) is 39.7. The Hall–Kier alpha value is -0.500. The highest BCUT2D eigenvalue weighted by Crippen LogP contribution is 2.43. The zero-order chi connectivity index (χ0) is 42.5. The lowest BCUT2D eigenvalue weighted by Gasteiger charge is -2.25. The van der Waals surface area contributed by atoms with Gasteiger partial charge in [-0.25, -0.2) is 4.57 Å². The molecule has 9 heteroatoms. The maximum Gasteiger partial charge on any atom is 0.472 e. The van der Waals surface area contributed by atoms with Gasteiger partial charge in [0.15, 0.2) is 0 Å². The summed E-state index contributed by atoms with van der Waals surface area (Å²) in [5.41, 5.74) is 5.40. The molecule has 8 nitrogen and oxygen atoms in total. The van der Waals surface area contributed by atoms with Crippen LogP contribution in [-0.4, -0.2) is 47.8 Å². The van der Waals surface area contributed by atoms with E-state index in [2.05, 4.69) is 19.2 Å². The summed E-state index contributed by atoms with van der Waals surface area (Å²) in [6.07, 6.45) is 51.2. The molecular formula is C49H101N2O6P. The van der Waals surface area contributed by atoms with E-state index < -0.39 is 20.0 Å². The molecule has 0 aromatic heterocycles. The molecular weight excluding hydrogens is 744 g/mol. The molecule has 0 heterocycles. The van der Waals surface area contributed by atoms with Crippen LogP contribution in [0, 0.1) is 0 Å². The first kappa shape index (κ1) is 57.5. The summed E-state index contributed by atoms with van der Waals surface area (Å²) in [6, 6.07) is -0.768. The number of amides is 1. The summed E-state index contributed by atoms with van der Waals surface area (Å²) in [6.45, 7) is 4.26. The first-order valence-corrected chi connectivity index (χ1v) is 27.1. The van der Waals surface area contributed by atoms with Crippen molar-refractivity contribution < 1.29 is 28.4 Å². The van der Waals surface area contributed by atoms with Gasteiger partial charge in [0.2, 0.25) is 5.91 Å². The van der Waals surface area contributed by atoms with Crippen molar-refractivity contribution in [2.75, 3.05) is 19.8 Å². The number of aliphatic hydroxyl groups excluding tert-OH is 1. The Bertz CT molecular complexity index is 880. The minimum absolute atomic E-state index is 0.0928. The minimum Gasteiger partial charge on any atom is -0.391 e. The van der Waals surface area contributed by atoms with Crippen LogP contribution in [0.3, 0.4) is 0 Å². The van der Waals surface area contributed by atoms with Crippen LogP contribution >= 0.6 is 7.82 Å². The Kier molecular flexibility index (Phi) is 45.6. The number of unbranched alkanes of at least 4 members (excludes halogenated alkanes) is 37. The number of rotatable bonds is 49. The van der Waals surface area contributed by atoms with Crippen LogP contribution in [0.4, 0.5) is 0 Å². The van der Waals surface area contributed by atoms with Crippen molar-refractivity contribution in [3.05, 3.63) is 0 Å². The summed E-state index contributed by atoms with van der Waals surface area (Å²) >= 11 is 0. The van der Waals surface area contributed by atoms with Crippen LogP contribution in [0.2, 0.25) is 0 Å². The normalized spacial score (nSPS) is 13.8. The largest absolute Gasteiger partial charge is 0.472 e. The van der Waals surface area contributed by atoms with Crippen molar-refractivity contribution in [2.24, 2.45) is 5.73 Å². The van der Waals surface area contributed by atoms with Gasteiger partial charge in [0.05, 0.1) is 25.4 Å². The molecule has 0 aromatic carbocycles. The second-order valence-electron chi connectivity index (χ2n) is 17.7. The molecule has 0 bridgehead atoms. The molecule has 3 unspecified atom stereocenters. The van der Waals surface area contributed by atoms with Crippen molar-refractivity contribution >= 4 is 13.7 Å². The topological polar surface area (TPSA) is 131 Å². The molecule has 0 spiro atoms. The van der Waals surface area contributed by atoms with E-state index in [4.69, 9.17) is 14.8 Å². The van der Waals surface area contributed by atoms with Crippen molar-refractivity contribution in [2.45, 2.75) is 289 Å². The smallest absolute Gasteiger partial charge is 0.391 e. The number of nitrogens with one attached hydrogen (secondary N) is 1. The summed E-state index contributed by atoms with van der Waals surface area (Å²) in [5, 5.41) is 13.9. The summed E-state index contributed by atoms with van der Waals surface area (Å²) in [5.74, 6) is -0.154. The predicted molar refractivity (Wildman–Crippen MR) is 249 cm³/mol. The van der Waals surface area contributed by atoms with E-state index in [1.165, 1.54) is 212 Å². The monoisotopic (exact) mass is 845 g/mol. The molecule has 3 atom stereocenters. The number of phosphoric acid groups is 1. The highest BCUT2D eigenvalue weighted by molar-refractivity contribution is 7.47. The summed E-state index contributed by atoms with van der Waals surface area (Å²) < 4.78 is 22.3. The highest BCUT2D eigenvalue weighted by Gasteiger charge is 2.27. The van der Waals surface area contributed by atoms with Crippen LogP contribution < -0.4 is 11.1 Å². The Balaban J connectivity index is 4.00. The lowest BCUT2D eigenvalue weighted by Crippen LogP contribution is -2.46. The van der Waals surface area contributed by atoms with Gasteiger partial charge < -0.3 is 21.1 Å². The van der Waals surface area contributed by atoms with Gasteiger partial charge in [0, 0.05) is 13.0 Å². The quantitative estimate of drug-likeness (QED) is 0.0354. The first-order valence-electron chi connectivity index (χ1n) is 25.7. The van der Waals surface area contributed by atoms with E-state index in [1.54, 1.807) is 0 Å². The molecule has 1 amide bonds. The van der Waals surface area contributed by atoms with Crippen molar-refractivity contribution in [1.29, 1.82) is 0 Å². The fourth-order valence-corrected chi connectivity index (χ4v) is 8.84. The molecule has 58 heavy (non-hydrogen) atoms. The van der Waals surface area contributed by atoms with Crippen LogP contribution in [0.5, 0.6) is 0 Å². The van der Waals surface area contributed by atoms with Gasteiger partial charge >= 0.3 is 7.82 Å². The van der Waals surface area contributed by atoms with E-state index in [1.807, 2.05) is 0 Å². The fraction of sp³-hybridized carbons (Fsp3) is 0.980. The molecule has 0 rings (SSSR count). The number of nitrogens with two attached hydrogens (primary N) is 1. The molecule has 348 valence electrons. The van der Waals surface area contributed by atoms with E-state index in [9.17, 15) is 19.4 Å². The van der Waals surface area contributed by atoms with Gasteiger partial charge in [-0.1, -0.05) is 258 Å². The Morgan fingerprint density at radius 2 is 0.793 bits per heavy atom. The third-order valence-corrected chi connectivity index (χ3v) is 12.9. The Morgan fingerprint density at radius 1 is 0.500 bits per heavy atom. The maximum absolute atomic E-state index is 12.8. The van der Waals surface area contributed by atoms with E-state index in [0.29, 0.717) is 12.8 Å². The molecule has 0 aromatic rings. The number of phosphoric ester groups is 1. The van der Waals surface area contributed by atoms with Crippen LogP contribution in [0.25, 0.3) is 0 Å². The van der Waals surface area contributed by atoms with Crippen LogP contribution in [0.1, 0.15) is 277 Å². The zero-order valence-electron chi connectivity index (χ0n) is 38.8. The fourth-order valence-electron chi connectivity index (χ4n) is 8.08. The van der Waals surface area contributed by atoms with Gasteiger partial charge in [0.25, 0.3) is 0 Å². The number of carbonyl (C=O) groups excluding carboxylic acids is 1. The molecule has 0 saturated carbocycles. The van der Waals surface area contributed by atoms with Gasteiger partial charge in [0.1, 0.15) is 0 Å². The van der Waals surface area contributed by atoms with Gasteiger partial charge in [-0.3, -0.25) is 13.8 Å². The molecule has 0 aliphatic heterocycles. The second-order valence-corrected chi connectivity index (χ2v) is 19.2. The molecule has 0 saturated heterocycles. The van der Waals surface area contributed by atoms with E-state index in [-0.39, 0.29) is 25.7 Å². The van der Waals surface area contributed by atoms with Gasteiger partial charge in [-0.15, -0.1) is 0 Å². The molecule has 0 fully saturated rings. The third kappa shape index (κ3) is 43.6. The average Bonchev–Trinajstić information content (AvgIpc) is 3.21. The van der Waals surface area contributed by atoms with Crippen molar-refractivity contribution in [3.63, 3.8) is 0 Å². The standard InChI is InChI=1S/C49H101N2O6P/c1-3-5-7-9-11-13-15-17-19-21-23-24-25-27-29-31-33-35-37-39-41-43-49(53)51-47(46-57-58(54,55)56-45-44-50)48(52)42-40-38-36-34-32-30-28-26-22-20-18-16-14-12-10-8-6-4-2/h47-48,52H,3-46,50H2,1-2H3,(H,51,53)(H,54,55). The lowest BCUT2D eigenvalue weighted by atomic mass is 10.0. The third-order valence-electron chi connectivity index (χ3n) is 12.0. The van der Waals surface area contributed by atoms with Crippen molar-refractivity contribution in [3.8, 4) is 0 Å². The maximum atomic E-state index is 12.8. The van der Waals surface area contributed by atoms with Gasteiger partial charge in [-0.2, -0.15) is 0 Å². The SMILES string of the molecule is CCCCCCCCCCCCCCCCCCCCCCCC(=O)NC(COP(=O)(O)OCCN)C(O)CCCCCCCCCCCCCCCCCCCC. The minimum atomic E-state index is -4.31. The number of carbonyl (C=O) groups is 1. The summed E-state index contributed by atoms with van der Waals surface area (Å²) in [7, 11) is -4.31. The highest BCUT2D eigenvalue weighted by atomic mass is 31.2. The number of hydrogen-bond acceptors (Lipinski definition) is 6. The second kappa shape index (κ2) is 46.0. The molecule has 0 radical (unpaired) electrons. The van der Waals surface area contributed by atoms with E-state index in [0.717, 1.165) is 38.5 Å². The number of aliphatic hydroxyl groups is 1. The molecule has 0 aliphatic rings. The summed E-state index contributed by atoms with van der Waals surface area (Å²) in [4.78, 5) is 22.8. The van der Waals surface area contributed by atoms with Gasteiger partial charge in [-0.05, 0) is 12.8 Å². The Morgan fingerprint density at radius 3 is 1.10 bits per heavy atom.